The molecule has 4 bridgehead atoms. The van der Waals surface area contributed by atoms with Crippen LogP contribution in [-0.4, -0.2) is 23.5 Å². The minimum atomic E-state index is -4.45. The van der Waals surface area contributed by atoms with Gasteiger partial charge in [-0.15, -0.1) is 0 Å². The third-order valence-electron chi connectivity index (χ3n) is 6.71. The second kappa shape index (κ2) is 7.75. The van der Waals surface area contributed by atoms with Crippen LogP contribution in [0.5, 0.6) is 0 Å². The van der Waals surface area contributed by atoms with Crippen molar-refractivity contribution in [3.63, 3.8) is 0 Å². The Morgan fingerprint density at radius 2 is 1.73 bits per heavy atom. The SMILES string of the molecule is CC(OC(=O)C=Cc1cccc(C(F)(F)F)c1)C(=O)NC12CC3CC(CC(C3)C1)C2. The van der Waals surface area contributed by atoms with Crippen molar-refractivity contribution in [2.45, 2.75) is 63.3 Å². The molecule has 0 heterocycles. The highest BCUT2D eigenvalue weighted by Gasteiger charge is 2.51. The lowest BCUT2D eigenvalue weighted by Gasteiger charge is -2.57. The van der Waals surface area contributed by atoms with Gasteiger partial charge in [0.1, 0.15) is 0 Å². The lowest BCUT2D eigenvalue weighted by Crippen LogP contribution is -2.61. The fraction of sp³-hybridized carbons (Fsp3) is 0.565. The van der Waals surface area contributed by atoms with Gasteiger partial charge >= 0.3 is 12.1 Å². The summed E-state index contributed by atoms with van der Waals surface area (Å²) in [5, 5.41) is 3.16. The van der Waals surface area contributed by atoms with E-state index in [1.54, 1.807) is 0 Å². The molecule has 4 aliphatic rings. The van der Waals surface area contributed by atoms with E-state index in [1.165, 1.54) is 44.4 Å². The number of rotatable bonds is 5. The first kappa shape index (κ1) is 20.9. The summed E-state index contributed by atoms with van der Waals surface area (Å²) in [6.45, 7) is 1.52. The van der Waals surface area contributed by atoms with E-state index in [0.717, 1.165) is 37.5 Å². The maximum absolute atomic E-state index is 12.8. The Labute approximate surface area is 173 Å². The van der Waals surface area contributed by atoms with Gasteiger partial charge in [-0.2, -0.15) is 13.2 Å². The quantitative estimate of drug-likeness (QED) is 0.552. The molecule has 1 aromatic carbocycles. The monoisotopic (exact) mass is 421 g/mol. The van der Waals surface area contributed by atoms with Crippen LogP contribution in [0.2, 0.25) is 0 Å². The Hall–Kier alpha value is -2.31. The highest BCUT2D eigenvalue weighted by Crippen LogP contribution is 2.55. The van der Waals surface area contributed by atoms with Gasteiger partial charge in [-0.1, -0.05) is 12.1 Å². The van der Waals surface area contributed by atoms with Gasteiger partial charge in [0, 0.05) is 11.6 Å². The Kier molecular flexibility index (Phi) is 5.41. The summed E-state index contributed by atoms with van der Waals surface area (Å²) in [6, 6.07) is 4.65. The summed E-state index contributed by atoms with van der Waals surface area (Å²) in [7, 11) is 0. The molecular weight excluding hydrogens is 395 g/mol. The zero-order valence-corrected chi connectivity index (χ0v) is 16.9. The molecule has 0 aromatic heterocycles. The minimum absolute atomic E-state index is 0.166. The summed E-state index contributed by atoms with van der Waals surface area (Å²) in [6.07, 6.45) is 3.68. The van der Waals surface area contributed by atoms with E-state index in [0.29, 0.717) is 17.8 Å². The lowest BCUT2D eigenvalue weighted by atomic mass is 9.53. The number of hydrogen-bond donors (Lipinski definition) is 1. The average Bonchev–Trinajstić information content (AvgIpc) is 2.64. The van der Waals surface area contributed by atoms with Gasteiger partial charge in [0.2, 0.25) is 0 Å². The minimum Gasteiger partial charge on any atom is -0.449 e. The molecule has 0 spiro atoms. The fourth-order valence-electron chi connectivity index (χ4n) is 5.88. The van der Waals surface area contributed by atoms with Crippen LogP contribution in [0.1, 0.15) is 56.6 Å². The van der Waals surface area contributed by atoms with E-state index in [-0.39, 0.29) is 17.0 Å². The van der Waals surface area contributed by atoms with Crippen molar-refractivity contribution in [1.82, 2.24) is 5.32 Å². The molecule has 4 fully saturated rings. The number of amides is 1. The summed E-state index contributed by atoms with van der Waals surface area (Å²) < 4.78 is 43.5. The average molecular weight is 421 g/mol. The standard InChI is InChI=1S/C23H26F3NO3/c1-14(21(29)27-22-11-16-7-17(12-22)9-18(8-16)13-22)30-20(28)6-5-15-3-2-4-19(10-15)23(24,25)26/h2-6,10,14,16-18H,7-9,11-13H2,1H3,(H,27,29). The van der Waals surface area contributed by atoms with Gasteiger partial charge in [0.05, 0.1) is 5.56 Å². The van der Waals surface area contributed by atoms with E-state index in [1.807, 2.05) is 0 Å². The van der Waals surface area contributed by atoms with E-state index >= 15 is 0 Å². The van der Waals surface area contributed by atoms with E-state index in [4.69, 9.17) is 4.74 Å². The summed E-state index contributed by atoms with van der Waals surface area (Å²) >= 11 is 0. The first-order valence-electron chi connectivity index (χ1n) is 10.5. The van der Waals surface area contributed by atoms with Crippen LogP contribution in [0.4, 0.5) is 13.2 Å². The highest BCUT2D eigenvalue weighted by atomic mass is 19.4. The molecule has 0 aliphatic heterocycles. The number of alkyl halides is 3. The Morgan fingerprint density at radius 3 is 2.30 bits per heavy atom. The Balaban J connectivity index is 1.32. The molecule has 0 saturated heterocycles. The zero-order chi connectivity index (χ0) is 21.5. The molecule has 5 rings (SSSR count). The highest BCUT2D eigenvalue weighted by molar-refractivity contribution is 5.90. The van der Waals surface area contributed by atoms with Crippen LogP contribution in [-0.2, 0) is 20.5 Å². The van der Waals surface area contributed by atoms with Crippen LogP contribution in [0.3, 0.4) is 0 Å². The normalized spacial score (nSPS) is 31.0. The predicted molar refractivity (Wildman–Crippen MR) is 105 cm³/mol. The number of hydrogen-bond acceptors (Lipinski definition) is 3. The molecule has 1 atom stereocenters. The van der Waals surface area contributed by atoms with E-state index in [9.17, 15) is 22.8 Å². The van der Waals surface area contributed by atoms with Crippen molar-refractivity contribution in [1.29, 1.82) is 0 Å². The maximum atomic E-state index is 12.8. The van der Waals surface area contributed by atoms with Gasteiger partial charge in [-0.25, -0.2) is 4.79 Å². The number of ether oxygens (including phenoxy) is 1. The topological polar surface area (TPSA) is 55.4 Å². The molecule has 4 aliphatic carbocycles. The van der Waals surface area contributed by atoms with Gasteiger partial charge in [0.15, 0.2) is 6.10 Å². The first-order valence-corrected chi connectivity index (χ1v) is 10.5. The Bertz CT molecular complexity index is 826. The van der Waals surface area contributed by atoms with Crippen LogP contribution in [0, 0.1) is 17.8 Å². The van der Waals surface area contributed by atoms with Crippen molar-refractivity contribution in [2.24, 2.45) is 17.8 Å². The molecule has 1 N–H and O–H groups in total. The molecule has 4 nitrogen and oxygen atoms in total. The molecule has 7 heteroatoms. The summed E-state index contributed by atoms with van der Waals surface area (Å²) in [4.78, 5) is 24.7. The molecule has 1 unspecified atom stereocenters. The van der Waals surface area contributed by atoms with Crippen molar-refractivity contribution in [2.75, 3.05) is 0 Å². The van der Waals surface area contributed by atoms with Gasteiger partial charge in [0.25, 0.3) is 5.91 Å². The van der Waals surface area contributed by atoms with Crippen molar-refractivity contribution < 1.29 is 27.5 Å². The molecule has 162 valence electrons. The van der Waals surface area contributed by atoms with E-state index < -0.39 is 23.8 Å². The number of esters is 1. The first-order chi connectivity index (χ1) is 14.1. The van der Waals surface area contributed by atoms with Crippen molar-refractivity contribution in [3.8, 4) is 0 Å². The predicted octanol–water partition coefficient (Wildman–Crippen LogP) is 4.74. The van der Waals surface area contributed by atoms with Crippen molar-refractivity contribution in [3.05, 3.63) is 41.5 Å². The van der Waals surface area contributed by atoms with E-state index in [2.05, 4.69) is 5.32 Å². The maximum Gasteiger partial charge on any atom is 0.416 e. The molecular formula is C23H26F3NO3. The molecule has 30 heavy (non-hydrogen) atoms. The summed E-state index contributed by atoms with van der Waals surface area (Å²) in [5.41, 5.74) is -0.728. The number of halogens is 3. The smallest absolute Gasteiger partial charge is 0.416 e. The lowest BCUT2D eigenvalue weighted by molar-refractivity contribution is -0.152. The van der Waals surface area contributed by atoms with Crippen LogP contribution in [0.25, 0.3) is 6.08 Å². The number of benzene rings is 1. The second-order valence-electron chi connectivity index (χ2n) is 9.22. The van der Waals surface area contributed by atoms with Gasteiger partial charge in [-0.3, -0.25) is 4.79 Å². The zero-order valence-electron chi connectivity index (χ0n) is 16.9. The third kappa shape index (κ3) is 4.55. The Morgan fingerprint density at radius 1 is 1.13 bits per heavy atom. The van der Waals surface area contributed by atoms with Crippen LogP contribution < -0.4 is 5.32 Å². The summed E-state index contributed by atoms with van der Waals surface area (Å²) in [5.74, 6) is 0.984. The fourth-order valence-corrected chi connectivity index (χ4v) is 5.88. The largest absolute Gasteiger partial charge is 0.449 e. The van der Waals surface area contributed by atoms with Crippen LogP contribution in [0.15, 0.2) is 30.3 Å². The van der Waals surface area contributed by atoms with Crippen molar-refractivity contribution >= 4 is 18.0 Å². The number of carbonyl (C=O) groups excluding carboxylic acids is 2. The molecule has 1 aromatic rings. The van der Waals surface area contributed by atoms with Gasteiger partial charge in [-0.05, 0) is 87.0 Å². The number of nitrogens with one attached hydrogen (secondary N) is 1. The van der Waals surface area contributed by atoms with Crippen LogP contribution >= 0.6 is 0 Å². The second-order valence-corrected chi connectivity index (χ2v) is 9.22. The van der Waals surface area contributed by atoms with Gasteiger partial charge < -0.3 is 10.1 Å². The molecule has 1 amide bonds. The third-order valence-corrected chi connectivity index (χ3v) is 6.71. The molecule has 4 saturated carbocycles. The molecule has 0 radical (unpaired) electrons. The number of carbonyl (C=O) groups is 2.